The summed E-state index contributed by atoms with van der Waals surface area (Å²) in [6, 6.07) is -2.18. The summed E-state index contributed by atoms with van der Waals surface area (Å²) in [6.07, 6.45) is -10.5. The van der Waals surface area contributed by atoms with Gasteiger partial charge in [-0.15, -0.1) is 6.58 Å². The van der Waals surface area contributed by atoms with Crippen LogP contribution in [0.15, 0.2) is 12.7 Å². The second-order valence-electron chi connectivity index (χ2n) is 3.69. The molecule has 1 aliphatic rings. The number of ether oxygens (including phenoxy) is 1. The highest BCUT2D eigenvalue weighted by molar-refractivity contribution is 5.00. The summed E-state index contributed by atoms with van der Waals surface area (Å²) in [4.78, 5) is 9.45. The van der Waals surface area contributed by atoms with Gasteiger partial charge in [0.2, 0.25) is 6.17 Å². The molecule has 17 heavy (non-hydrogen) atoms. The Morgan fingerprint density at radius 1 is 1.35 bits per heavy atom. The number of rotatable bonds is 4. The Kier molecular flexibility index (Phi) is 4.47. The van der Waals surface area contributed by atoms with E-state index >= 15 is 0 Å². The molecule has 8 heteroatoms. The van der Waals surface area contributed by atoms with Gasteiger partial charge in [-0.3, -0.25) is 10.1 Å². The lowest BCUT2D eigenvalue weighted by Gasteiger charge is -2.35. The van der Waals surface area contributed by atoms with Crippen molar-refractivity contribution in [1.82, 2.24) is 0 Å². The number of aliphatic hydroxyl groups is 1. The molecule has 0 amide bonds. The Labute approximate surface area is 95.0 Å². The second kappa shape index (κ2) is 5.46. The Balaban J connectivity index is 2.94. The molecule has 0 spiro atoms. The first-order chi connectivity index (χ1) is 7.91. The molecule has 0 heterocycles. The van der Waals surface area contributed by atoms with Gasteiger partial charge in [0, 0.05) is 4.92 Å². The van der Waals surface area contributed by atoms with E-state index in [2.05, 4.69) is 6.58 Å². The van der Waals surface area contributed by atoms with E-state index in [0.717, 1.165) is 0 Å². The smallest absolute Gasteiger partial charge is 0.275 e. The minimum Gasteiger partial charge on any atom is -0.387 e. The fourth-order valence-electron chi connectivity index (χ4n) is 1.72. The molecule has 0 radical (unpaired) electrons. The van der Waals surface area contributed by atoms with Crippen LogP contribution in [0.1, 0.15) is 0 Å². The standard InChI is InChI=1S/C9H12F3NO4/c1-2-3-17-9-6(12)8(14)5(11)4(10)7(9)13(15)16/h2,4-9,14H,1,3H2. The molecule has 1 N–H and O–H groups in total. The largest absolute Gasteiger partial charge is 0.387 e. The minimum absolute atomic E-state index is 0.258. The number of hydrogen-bond acceptors (Lipinski definition) is 4. The average Bonchev–Trinajstić information content (AvgIpc) is 2.28. The normalized spacial score (nSPS) is 42.1. The molecule has 98 valence electrons. The Hall–Kier alpha value is -1.15. The van der Waals surface area contributed by atoms with Crippen molar-refractivity contribution in [2.75, 3.05) is 6.61 Å². The first-order valence-corrected chi connectivity index (χ1v) is 4.88. The average molecular weight is 255 g/mol. The molecule has 0 saturated heterocycles. The number of nitro groups is 1. The number of alkyl halides is 3. The van der Waals surface area contributed by atoms with E-state index in [0.29, 0.717) is 0 Å². The monoisotopic (exact) mass is 255 g/mol. The lowest BCUT2D eigenvalue weighted by molar-refractivity contribution is -0.553. The van der Waals surface area contributed by atoms with Crippen LogP contribution in [0.3, 0.4) is 0 Å². The van der Waals surface area contributed by atoms with Crippen LogP contribution in [0.5, 0.6) is 0 Å². The van der Waals surface area contributed by atoms with E-state index in [9.17, 15) is 23.3 Å². The SMILES string of the molecule is C=CCOC1C(F)C(O)C(F)C(F)C1[N+](=O)[O-]. The van der Waals surface area contributed by atoms with Gasteiger partial charge in [0.25, 0.3) is 6.04 Å². The van der Waals surface area contributed by atoms with Gasteiger partial charge in [-0.05, 0) is 0 Å². The van der Waals surface area contributed by atoms with E-state index in [4.69, 9.17) is 9.84 Å². The van der Waals surface area contributed by atoms with Gasteiger partial charge in [0.05, 0.1) is 6.61 Å². The van der Waals surface area contributed by atoms with Crippen LogP contribution < -0.4 is 0 Å². The fraction of sp³-hybridized carbons (Fsp3) is 0.778. The molecule has 1 aliphatic carbocycles. The van der Waals surface area contributed by atoms with Crippen LogP contribution in [0.25, 0.3) is 0 Å². The molecule has 0 aromatic heterocycles. The lowest BCUT2D eigenvalue weighted by Crippen LogP contribution is -2.62. The molecular weight excluding hydrogens is 243 g/mol. The first kappa shape index (κ1) is 13.9. The van der Waals surface area contributed by atoms with Gasteiger partial charge >= 0.3 is 0 Å². The van der Waals surface area contributed by atoms with Crippen molar-refractivity contribution in [2.45, 2.75) is 36.8 Å². The van der Waals surface area contributed by atoms with Crippen molar-refractivity contribution in [3.8, 4) is 0 Å². The summed E-state index contributed by atoms with van der Waals surface area (Å²) >= 11 is 0. The van der Waals surface area contributed by atoms with Gasteiger partial charge < -0.3 is 9.84 Å². The van der Waals surface area contributed by atoms with E-state index in [1.807, 2.05) is 0 Å². The Bertz CT molecular complexity index is 304. The fourth-order valence-corrected chi connectivity index (χ4v) is 1.72. The highest BCUT2D eigenvalue weighted by Gasteiger charge is 2.58. The first-order valence-electron chi connectivity index (χ1n) is 4.88. The van der Waals surface area contributed by atoms with E-state index in [1.165, 1.54) is 6.08 Å². The molecule has 5 nitrogen and oxygen atoms in total. The van der Waals surface area contributed by atoms with Crippen LogP contribution in [0.2, 0.25) is 0 Å². The molecule has 0 aliphatic heterocycles. The number of nitrogens with zero attached hydrogens (tertiary/aromatic N) is 1. The van der Waals surface area contributed by atoms with Crippen LogP contribution in [0, 0.1) is 10.1 Å². The summed E-state index contributed by atoms with van der Waals surface area (Å²) < 4.78 is 44.6. The van der Waals surface area contributed by atoms with Crippen molar-refractivity contribution in [1.29, 1.82) is 0 Å². The maximum absolute atomic E-state index is 13.5. The third-order valence-corrected chi connectivity index (χ3v) is 2.58. The summed E-state index contributed by atoms with van der Waals surface area (Å²) in [7, 11) is 0. The van der Waals surface area contributed by atoms with Crippen LogP contribution >= 0.6 is 0 Å². The van der Waals surface area contributed by atoms with Crippen molar-refractivity contribution < 1.29 is 27.9 Å². The summed E-state index contributed by atoms with van der Waals surface area (Å²) in [5.74, 6) is 0. The predicted molar refractivity (Wildman–Crippen MR) is 51.4 cm³/mol. The van der Waals surface area contributed by atoms with Crippen molar-refractivity contribution in [3.63, 3.8) is 0 Å². The summed E-state index contributed by atoms with van der Waals surface area (Å²) in [5, 5.41) is 19.6. The summed E-state index contributed by atoms with van der Waals surface area (Å²) in [5.41, 5.74) is 0. The molecule has 1 fully saturated rings. The summed E-state index contributed by atoms with van der Waals surface area (Å²) in [6.45, 7) is 2.99. The Morgan fingerprint density at radius 2 is 1.94 bits per heavy atom. The molecule has 1 rings (SSSR count). The third kappa shape index (κ3) is 2.58. The van der Waals surface area contributed by atoms with Gasteiger partial charge in [-0.1, -0.05) is 6.08 Å². The maximum Gasteiger partial charge on any atom is 0.275 e. The molecule has 1 saturated carbocycles. The molecule has 0 aromatic carbocycles. The second-order valence-corrected chi connectivity index (χ2v) is 3.69. The van der Waals surface area contributed by atoms with E-state index in [-0.39, 0.29) is 6.61 Å². The van der Waals surface area contributed by atoms with Gasteiger partial charge in [-0.25, -0.2) is 13.2 Å². The molecule has 0 aromatic rings. The van der Waals surface area contributed by atoms with Crippen LogP contribution in [-0.2, 0) is 4.74 Å². The van der Waals surface area contributed by atoms with Gasteiger partial charge in [0.1, 0.15) is 6.10 Å². The molecule has 0 bridgehead atoms. The van der Waals surface area contributed by atoms with Crippen molar-refractivity contribution >= 4 is 0 Å². The highest BCUT2D eigenvalue weighted by Crippen LogP contribution is 2.31. The van der Waals surface area contributed by atoms with Crippen molar-refractivity contribution in [2.24, 2.45) is 0 Å². The lowest BCUT2D eigenvalue weighted by atomic mass is 9.86. The molecule has 6 unspecified atom stereocenters. The maximum atomic E-state index is 13.5. The quantitative estimate of drug-likeness (QED) is 0.453. The Morgan fingerprint density at radius 3 is 2.41 bits per heavy atom. The van der Waals surface area contributed by atoms with E-state index < -0.39 is 41.7 Å². The topological polar surface area (TPSA) is 72.6 Å². The van der Waals surface area contributed by atoms with Gasteiger partial charge in [0.15, 0.2) is 18.4 Å². The zero-order valence-electron chi connectivity index (χ0n) is 8.71. The third-order valence-electron chi connectivity index (χ3n) is 2.58. The van der Waals surface area contributed by atoms with Gasteiger partial charge in [-0.2, -0.15) is 0 Å². The number of aliphatic hydroxyl groups excluding tert-OH is 1. The van der Waals surface area contributed by atoms with Crippen molar-refractivity contribution in [3.05, 3.63) is 22.8 Å². The predicted octanol–water partition coefficient (Wildman–Crippen LogP) is 0.592. The zero-order chi connectivity index (χ0) is 13.2. The highest BCUT2D eigenvalue weighted by atomic mass is 19.2. The molecule has 6 atom stereocenters. The number of halogens is 3. The van der Waals surface area contributed by atoms with E-state index in [1.54, 1.807) is 0 Å². The molecular formula is C9H12F3NO4. The number of hydrogen-bond donors (Lipinski definition) is 1. The van der Waals surface area contributed by atoms with Crippen LogP contribution in [0.4, 0.5) is 13.2 Å². The van der Waals surface area contributed by atoms with Crippen LogP contribution in [-0.4, -0.2) is 53.4 Å². The zero-order valence-corrected chi connectivity index (χ0v) is 8.71. The minimum atomic E-state index is -2.64.